The van der Waals surface area contributed by atoms with Gasteiger partial charge in [-0.05, 0) is 41.3 Å². The summed E-state index contributed by atoms with van der Waals surface area (Å²) in [6.45, 7) is 0.209. The Morgan fingerprint density at radius 2 is 2.23 bits per heavy atom. The van der Waals surface area contributed by atoms with Crippen molar-refractivity contribution < 1.29 is 10.2 Å². The van der Waals surface area contributed by atoms with Gasteiger partial charge in [0, 0.05) is 21.3 Å². The number of aliphatic hydroxyl groups is 2. The molecule has 0 saturated heterocycles. The van der Waals surface area contributed by atoms with E-state index in [-0.39, 0.29) is 12.7 Å². The first kappa shape index (κ1) is 11.2. The van der Waals surface area contributed by atoms with E-state index in [0.29, 0.717) is 0 Å². The average Bonchev–Trinajstić information content (AvgIpc) is 2.52. The first-order valence-electron chi connectivity index (χ1n) is 4.27. The second-order valence-electron chi connectivity index (χ2n) is 2.90. The minimum atomic E-state index is -0.372. The molecule has 0 radical (unpaired) electrons. The van der Waals surface area contributed by atoms with Gasteiger partial charge < -0.3 is 10.2 Å². The Bertz CT molecular complexity index is 250. The zero-order valence-electron chi connectivity index (χ0n) is 7.24. The molecule has 1 aromatic rings. The Hall–Kier alpha value is 0.1000. The van der Waals surface area contributed by atoms with Crippen LogP contribution in [0.15, 0.2) is 15.9 Å². The Labute approximate surface area is 90.4 Å². The molecule has 2 nitrogen and oxygen atoms in total. The minimum Gasteiger partial charge on any atom is -0.396 e. The summed E-state index contributed by atoms with van der Waals surface area (Å²) in [7, 11) is 0. The molecule has 1 rings (SSSR count). The number of halogens is 1. The van der Waals surface area contributed by atoms with Crippen molar-refractivity contribution >= 4 is 27.3 Å². The van der Waals surface area contributed by atoms with Crippen LogP contribution in [0, 0.1) is 0 Å². The van der Waals surface area contributed by atoms with E-state index >= 15 is 0 Å². The highest BCUT2D eigenvalue weighted by atomic mass is 79.9. The van der Waals surface area contributed by atoms with Crippen LogP contribution in [0.5, 0.6) is 0 Å². The van der Waals surface area contributed by atoms with Gasteiger partial charge in [0.1, 0.15) is 0 Å². The molecule has 0 saturated carbocycles. The Kier molecular flexibility index (Phi) is 4.94. The van der Waals surface area contributed by atoms with Crippen molar-refractivity contribution in [2.45, 2.75) is 25.4 Å². The summed E-state index contributed by atoms with van der Waals surface area (Å²) in [5.74, 6) is 0. The van der Waals surface area contributed by atoms with E-state index in [4.69, 9.17) is 5.11 Å². The minimum absolute atomic E-state index is 0.209. The quantitative estimate of drug-likeness (QED) is 0.803. The van der Waals surface area contributed by atoms with Crippen LogP contribution in [-0.2, 0) is 0 Å². The molecule has 0 bridgehead atoms. The van der Waals surface area contributed by atoms with Crippen molar-refractivity contribution in [3.63, 3.8) is 0 Å². The van der Waals surface area contributed by atoms with Gasteiger partial charge in [-0.2, -0.15) is 0 Å². The van der Waals surface area contributed by atoms with Gasteiger partial charge in [0.25, 0.3) is 0 Å². The van der Waals surface area contributed by atoms with Crippen molar-refractivity contribution in [3.05, 3.63) is 20.8 Å². The summed E-state index contributed by atoms with van der Waals surface area (Å²) in [5, 5.41) is 20.2. The molecule has 0 aliphatic rings. The van der Waals surface area contributed by atoms with E-state index in [1.165, 1.54) is 0 Å². The van der Waals surface area contributed by atoms with Crippen LogP contribution in [0.2, 0.25) is 0 Å². The van der Waals surface area contributed by atoms with Gasteiger partial charge in [0.05, 0.1) is 6.10 Å². The summed E-state index contributed by atoms with van der Waals surface area (Å²) in [6.07, 6.45) is 1.99. The highest BCUT2D eigenvalue weighted by Crippen LogP contribution is 2.28. The van der Waals surface area contributed by atoms with E-state index in [2.05, 4.69) is 15.9 Å². The maximum atomic E-state index is 9.67. The van der Waals surface area contributed by atoms with Crippen LogP contribution in [0.3, 0.4) is 0 Å². The lowest BCUT2D eigenvalue weighted by Gasteiger charge is -2.06. The Morgan fingerprint density at radius 1 is 1.46 bits per heavy atom. The molecule has 13 heavy (non-hydrogen) atoms. The molecule has 1 heterocycles. The van der Waals surface area contributed by atoms with Crippen LogP contribution in [-0.4, -0.2) is 16.8 Å². The van der Waals surface area contributed by atoms with E-state index in [1.54, 1.807) is 11.3 Å². The largest absolute Gasteiger partial charge is 0.396 e. The van der Waals surface area contributed by atoms with Crippen molar-refractivity contribution in [1.29, 1.82) is 0 Å². The molecule has 1 unspecified atom stereocenters. The van der Waals surface area contributed by atoms with Gasteiger partial charge in [0.2, 0.25) is 0 Å². The van der Waals surface area contributed by atoms with Gasteiger partial charge in [-0.1, -0.05) is 0 Å². The van der Waals surface area contributed by atoms with Gasteiger partial charge in [-0.3, -0.25) is 0 Å². The predicted octanol–water partition coefficient (Wildman–Crippen LogP) is 2.71. The summed E-state index contributed by atoms with van der Waals surface area (Å²) in [4.78, 5) is 0.991. The molecule has 0 aliphatic carbocycles. The standard InChI is InChI=1S/C9H13BrO2S/c10-7-5-9(13-6-7)8(12)3-1-2-4-11/h5-6,8,11-12H,1-4H2. The second kappa shape index (κ2) is 5.75. The number of aliphatic hydroxyl groups excluding tert-OH is 2. The summed E-state index contributed by atoms with van der Waals surface area (Å²) >= 11 is 4.90. The van der Waals surface area contributed by atoms with E-state index in [9.17, 15) is 5.11 Å². The third-order valence-corrected chi connectivity index (χ3v) is 3.60. The summed E-state index contributed by atoms with van der Waals surface area (Å²) in [6, 6.07) is 1.94. The van der Waals surface area contributed by atoms with Gasteiger partial charge >= 0.3 is 0 Å². The molecular formula is C9H13BrO2S. The third kappa shape index (κ3) is 3.77. The molecule has 1 aromatic heterocycles. The first-order chi connectivity index (χ1) is 6.24. The number of hydrogen-bond acceptors (Lipinski definition) is 3. The van der Waals surface area contributed by atoms with E-state index in [1.807, 2.05) is 11.4 Å². The van der Waals surface area contributed by atoms with Gasteiger partial charge in [-0.15, -0.1) is 11.3 Å². The monoisotopic (exact) mass is 264 g/mol. The second-order valence-corrected chi connectivity index (χ2v) is 4.76. The van der Waals surface area contributed by atoms with Crippen molar-refractivity contribution in [2.75, 3.05) is 6.61 Å². The fourth-order valence-corrected chi connectivity index (χ4v) is 2.56. The molecule has 2 N–H and O–H groups in total. The highest BCUT2D eigenvalue weighted by molar-refractivity contribution is 9.10. The van der Waals surface area contributed by atoms with Crippen LogP contribution in [0.1, 0.15) is 30.2 Å². The number of unbranched alkanes of at least 4 members (excludes halogenated alkanes) is 1. The Morgan fingerprint density at radius 3 is 2.77 bits per heavy atom. The predicted molar refractivity (Wildman–Crippen MR) is 57.9 cm³/mol. The fraction of sp³-hybridized carbons (Fsp3) is 0.556. The first-order valence-corrected chi connectivity index (χ1v) is 5.94. The third-order valence-electron chi connectivity index (χ3n) is 1.80. The lowest BCUT2D eigenvalue weighted by atomic mass is 10.1. The molecule has 0 amide bonds. The lowest BCUT2D eigenvalue weighted by Crippen LogP contribution is -1.95. The molecule has 0 spiro atoms. The van der Waals surface area contributed by atoms with E-state index in [0.717, 1.165) is 28.6 Å². The maximum absolute atomic E-state index is 9.67. The van der Waals surface area contributed by atoms with Crippen molar-refractivity contribution in [1.82, 2.24) is 0 Å². The zero-order chi connectivity index (χ0) is 9.68. The van der Waals surface area contributed by atoms with Crippen LogP contribution in [0.4, 0.5) is 0 Å². The summed E-state index contributed by atoms with van der Waals surface area (Å²) in [5.41, 5.74) is 0. The lowest BCUT2D eigenvalue weighted by molar-refractivity contribution is 0.163. The van der Waals surface area contributed by atoms with Gasteiger partial charge in [-0.25, -0.2) is 0 Å². The number of hydrogen-bond donors (Lipinski definition) is 2. The highest BCUT2D eigenvalue weighted by Gasteiger charge is 2.08. The number of rotatable bonds is 5. The van der Waals surface area contributed by atoms with Gasteiger partial charge in [0.15, 0.2) is 0 Å². The zero-order valence-corrected chi connectivity index (χ0v) is 9.64. The molecule has 0 aliphatic heterocycles. The SMILES string of the molecule is OCCCCC(O)c1cc(Br)cs1. The topological polar surface area (TPSA) is 40.5 Å². The van der Waals surface area contributed by atoms with Crippen molar-refractivity contribution in [2.24, 2.45) is 0 Å². The van der Waals surface area contributed by atoms with Crippen LogP contribution < -0.4 is 0 Å². The number of thiophene rings is 1. The maximum Gasteiger partial charge on any atom is 0.0882 e. The van der Waals surface area contributed by atoms with Crippen molar-refractivity contribution in [3.8, 4) is 0 Å². The average molecular weight is 265 g/mol. The molecule has 1 atom stereocenters. The van der Waals surface area contributed by atoms with Crippen LogP contribution in [0.25, 0.3) is 0 Å². The fourth-order valence-electron chi connectivity index (χ4n) is 1.09. The molecule has 0 aromatic carbocycles. The molecule has 0 fully saturated rings. The smallest absolute Gasteiger partial charge is 0.0882 e. The van der Waals surface area contributed by atoms with E-state index < -0.39 is 0 Å². The molecule has 4 heteroatoms. The van der Waals surface area contributed by atoms with Crippen LogP contribution >= 0.6 is 27.3 Å². The Balaban J connectivity index is 2.35. The molecule has 74 valence electrons. The summed E-state index contributed by atoms with van der Waals surface area (Å²) < 4.78 is 1.02. The normalized spacial score (nSPS) is 13.2. The molecular weight excluding hydrogens is 252 g/mol.